The summed E-state index contributed by atoms with van der Waals surface area (Å²) in [6.45, 7) is -0.0212. The number of nitrogens with zero attached hydrogens (tertiary/aromatic N) is 2. The molecular formula is C22H20ClF3N4O4S3. The van der Waals surface area contributed by atoms with Crippen molar-refractivity contribution >= 4 is 56.6 Å². The van der Waals surface area contributed by atoms with Crippen LogP contribution in [0.3, 0.4) is 0 Å². The van der Waals surface area contributed by atoms with Gasteiger partial charge < -0.3 is 5.32 Å². The van der Waals surface area contributed by atoms with Crippen LogP contribution in [0.25, 0.3) is 0 Å². The predicted molar refractivity (Wildman–Crippen MR) is 134 cm³/mol. The van der Waals surface area contributed by atoms with Gasteiger partial charge in [0.1, 0.15) is 16.5 Å². The van der Waals surface area contributed by atoms with Gasteiger partial charge in [0.2, 0.25) is 5.78 Å². The van der Waals surface area contributed by atoms with Gasteiger partial charge in [-0.05, 0) is 49.4 Å². The first-order chi connectivity index (χ1) is 17.4. The fourth-order valence-electron chi connectivity index (χ4n) is 3.88. The second-order valence-corrected chi connectivity index (χ2v) is 12.3. The second kappa shape index (κ2) is 11.3. The summed E-state index contributed by atoms with van der Waals surface area (Å²) in [6.07, 6.45) is 0.210. The lowest BCUT2D eigenvalue weighted by Gasteiger charge is -2.15. The number of alkyl halides is 3. The normalized spacial score (nSPS) is 18.2. The van der Waals surface area contributed by atoms with E-state index in [1.807, 2.05) is 0 Å². The van der Waals surface area contributed by atoms with E-state index in [2.05, 4.69) is 19.5 Å². The molecule has 0 amide bonds. The molecule has 2 unspecified atom stereocenters. The molecule has 1 aromatic carbocycles. The molecular weight excluding hydrogens is 573 g/mol. The largest absolute Gasteiger partial charge is 0.416 e. The maximum Gasteiger partial charge on any atom is 0.416 e. The van der Waals surface area contributed by atoms with Crippen LogP contribution in [-0.2, 0) is 20.7 Å². The van der Waals surface area contributed by atoms with Crippen molar-refractivity contribution in [2.75, 3.05) is 11.9 Å². The van der Waals surface area contributed by atoms with Gasteiger partial charge >= 0.3 is 16.5 Å². The van der Waals surface area contributed by atoms with Crippen molar-refractivity contribution in [1.29, 1.82) is 0 Å². The Labute approximate surface area is 224 Å². The third-order valence-electron chi connectivity index (χ3n) is 5.58. The Morgan fingerprint density at radius 3 is 2.81 bits per heavy atom. The van der Waals surface area contributed by atoms with Gasteiger partial charge in [-0.15, -0.1) is 11.3 Å². The second-order valence-electron chi connectivity index (χ2n) is 8.29. The van der Waals surface area contributed by atoms with Gasteiger partial charge in [0.25, 0.3) is 0 Å². The number of hydrogen-bond acceptors (Lipinski definition) is 9. The fourth-order valence-corrected chi connectivity index (χ4v) is 6.58. The molecule has 0 aliphatic heterocycles. The number of carbonyl (C=O) groups excluding carboxylic acids is 1. The number of ketones is 1. The van der Waals surface area contributed by atoms with Gasteiger partial charge in [-0.1, -0.05) is 29.4 Å². The molecule has 4 rings (SSSR count). The Morgan fingerprint density at radius 1 is 1.30 bits per heavy atom. The topological polar surface area (TPSA) is 124 Å². The zero-order chi connectivity index (χ0) is 26.8. The van der Waals surface area contributed by atoms with E-state index in [9.17, 15) is 26.4 Å². The molecule has 1 aliphatic rings. The standard InChI is InChI=1S/C22H20ClF3N4O4S3/c23-20-18(35-15-3-1-2-13(7-15)22(24,25)26)8-17(36-20)19(31)16-9-28-11-29-21(16)30-14-5-4-12(6-14)10-34-37(27,32)33/h1-3,7-9,11-12,14H,4-6,10H2,(H2,27,32,33)(H,28,29,30). The molecule has 0 radical (unpaired) electrons. The Morgan fingerprint density at radius 2 is 2.08 bits per heavy atom. The Balaban J connectivity index is 1.47. The molecule has 2 heterocycles. The summed E-state index contributed by atoms with van der Waals surface area (Å²) >= 11 is 8.37. The van der Waals surface area contributed by atoms with E-state index in [0.29, 0.717) is 34.9 Å². The van der Waals surface area contributed by atoms with E-state index < -0.39 is 27.8 Å². The van der Waals surface area contributed by atoms with Crippen LogP contribution in [0.2, 0.25) is 4.34 Å². The maximum absolute atomic E-state index is 13.3. The van der Waals surface area contributed by atoms with Gasteiger partial charge in [-0.25, -0.2) is 15.1 Å². The number of halogens is 4. The van der Waals surface area contributed by atoms with Crippen molar-refractivity contribution in [3.05, 3.63) is 63.2 Å². The number of carbonyl (C=O) groups is 1. The maximum atomic E-state index is 13.3. The van der Waals surface area contributed by atoms with Crippen LogP contribution >= 0.6 is 34.7 Å². The summed E-state index contributed by atoms with van der Waals surface area (Å²) in [7, 11) is -4.01. The minimum Gasteiger partial charge on any atom is -0.367 e. The predicted octanol–water partition coefficient (Wildman–Crippen LogP) is 5.39. The van der Waals surface area contributed by atoms with Gasteiger partial charge in [0.05, 0.1) is 22.6 Å². The quantitative estimate of drug-likeness (QED) is 0.317. The molecule has 15 heteroatoms. The molecule has 1 fully saturated rings. The highest BCUT2D eigenvalue weighted by Crippen LogP contribution is 2.41. The van der Waals surface area contributed by atoms with Gasteiger partial charge in [-0.3, -0.25) is 8.98 Å². The first kappa shape index (κ1) is 27.8. The number of aromatic nitrogens is 2. The zero-order valence-corrected chi connectivity index (χ0v) is 22.1. The first-order valence-corrected chi connectivity index (χ1v) is 14.3. The van der Waals surface area contributed by atoms with Crippen LogP contribution in [0.4, 0.5) is 19.0 Å². The third kappa shape index (κ3) is 7.42. The van der Waals surface area contributed by atoms with Crippen molar-refractivity contribution in [2.24, 2.45) is 11.1 Å². The molecule has 1 saturated carbocycles. The molecule has 1 aliphatic carbocycles. The molecule has 2 aromatic heterocycles. The Bertz CT molecular complexity index is 1400. The van der Waals surface area contributed by atoms with E-state index in [0.717, 1.165) is 35.2 Å². The molecule has 0 saturated heterocycles. The van der Waals surface area contributed by atoms with Crippen molar-refractivity contribution in [2.45, 2.75) is 41.3 Å². The number of hydrogen-bond donors (Lipinski definition) is 2. The number of nitrogens with two attached hydrogens (primary N) is 1. The van der Waals surface area contributed by atoms with Crippen LogP contribution < -0.4 is 10.5 Å². The minimum absolute atomic E-state index is 0.0212. The van der Waals surface area contributed by atoms with Gasteiger partial charge in [-0.2, -0.15) is 21.6 Å². The summed E-state index contributed by atoms with van der Waals surface area (Å²) < 4.78 is 66.1. The molecule has 2 atom stereocenters. The summed E-state index contributed by atoms with van der Waals surface area (Å²) in [5, 5.41) is 8.10. The highest BCUT2D eigenvalue weighted by atomic mass is 35.5. The van der Waals surface area contributed by atoms with E-state index >= 15 is 0 Å². The van der Waals surface area contributed by atoms with Crippen molar-refractivity contribution in [3.63, 3.8) is 0 Å². The van der Waals surface area contributed by atoms with Crippen LogP contribution in [0.5, 0.6) is 0 Å². The van der Waals surface area contributed by atoms with Gasteiger partial charge in [0.15, 0.2) is 0 Å². The lowest BCUT2D eigenvalue weighted by Crippen LogP contribution is -2.22. The molecule has 0 bridgehead atoms. The molecule has 37 heavy (non-hydrogen) atoms. The number of anilines is 1. The highest BCUT2D eigenvalue weighted by molar-refractivity contribution is 7.99. The van der Waals surface area contributed by atoms with E-state index in [-0.39, 0.29) is 33.3 Å². The smallest absolute Gasteiger partial charge is 0.367 e. The van der Waals surface area contributed by atoms with E-state index in [1.165, 1.54) is 30.7 Å². The van der Waals surface area contributed by atoms with Crippen molar-refractivity contribution in [1.82, 2.24) is 9.97 Å². The third-order valence-corrected chi connectivity index (χ3v) is 8.67. The van der Waals surface area contributed by atoms with Crippen LogP contribution in [0, 0.1) is 5.92 Å². The molecule has 3 N–H and O–H groups in total. The summed E-state index contributed by atoms with van der Waals surface area (Å²) in [4.78, 5) is 22.5. The number of nitrogens with one attached hydrogen (secondary N) is 1. The lowest BCUT2D eigenvalue weighted by atomic mass is 10.1. The van der Waals surface area contributed by atoms with E-state index in [1.54, 1.807) is 0 Å². The average molecular weight is 593 g/mol. The van der Waals surface area contributed by atoms with Gasteiger partial charge in [0, 0.05) is 22.0 Å². The van der Waals surface area contributed by atoms with Crippen LogP contribution in [-0.4, -0.2) is 36.8 Å². The van der Waals surface area contributed by atoms with Crippen molar-refractivity contribution in [3.8, 4) is 0 Å². The van der Waals surface area contributed by atoms with Crippen LogP contribution in [0.15, 0.2) is 52.6 Å². The number of rotatable bonds is 9. The first-order valence-electron chi connectivity index (χ1n) is 10.8. The van der Waals surface area contributed by atoms with E-state index in [4.69, 9.17) is 16.7 Å². The lowest BCUT2D eigenvalue weighted by molar-refractivity contribution is -0.137. The number of thiophene rings is 1. The zero-order valence-electron chi connectivity index (χ0n) is 18.9. The minimum atomic E-state index is -4.47. The average Bonchev–Trinajstić information content (AvgIpc) is 3.43. The number of benzene rings is 1. The summed E-state index contributed by atoms with van der Waals surface area (Å²) in [6, 6.07) is 6.31. The monoisotopic (exact) mass is 592 g/mol. The Hall–Kier alpha value is -2.23. The summed E-state index contributed by atoms with van der Waals surface area (Å²) in [5.41, 5.74) is -0.567. The summed E-state index contributed by atoms with van der Waals surface area (Å²) in [5.74, 6) is -0.101. The van der Waals surface area contributed by atoms with Crippen molar-refractivity contribution < 1.29 is 30.6 Å². The Kier molecular flexibility index (Phi) is 8.45. The molecule has 3 aromatic rings. The fraction of sp³-hybridized carbons (Fsp3) is 0.318. The van der Waals surface area contributed by atoms with Crippen LogP contribution in [0.1, 0.15) is 40.1 Å². The molecule has 8 nitrogen and oxygen atoms in total. The highest BCUT2D eigenvalue weighted by Gasteiger charge is 2.31. The molecule has 198 valence electrons. The SMILES string of the molecule is NS(=O)(=O)OCC1CCC(Nc2ncncc2C(=O)c2cc(Sc3cccc(C(F)(F)F)c3)c(Cl)s2)C1. The molecule has 0 spiro atoms.